The van der Waals surface area contributed by atoms with Gasteiger partial charge in [0.2, 0.25) is 0 Å². The molecule has 206 valence electrons. The molecule has 0 amide bonds. The van der Waals surface area contributed by atoms with Crippen molar-refractivity contribution in [1.29, 1.82) is 0 Å². The number of nitrogens with zero attached hydrogens (tertiary/aromatic N) is 4. The zero-order valence-corrected chi connectivity index (χ0v) is 19.7. The molecule has 1 unspecified atom stereocenters. The maximum absolute atomic E-state index is 10.6. The van der Waals surface area contributed by atoms with Gasteiger partial charge in [-0.05, 0) is 30.9 Å². The highest BCUT2D eigenvalue weighted by Gasteiger charge is 2.43. The lowest BCUT2D eigenvalue weighted by atomic mass is 9.83. The van der Waals surface area contributed by atoms with Crippen molar-refractivity contribution >= 4 is 11.9 Å². The van der Waals surface area contributed by atoms with Crippen LogP contribution in [0.25, 0.3) is 0 Å². The number of alkyl halides is 6. The summed E-state index contributed by atoms with van der Waals surface area (Å²) in [7, 11) is 1.97. The largest absolute Gasteiger partial charge is 0.490 e. The van der Waals surface area contributed by atoms with Crippen LogP contribution in [0, 0.1) is 0 Å². The van der Waals surface area contributed by atoms with Gasteiger partial charge in [0.05, 0.1) is 18.4 Å². The lowest BCUT2D eigenvalue weighted by Crippen LogP contribution is -2.43. The fraction of sp³-hybridized carbons (Fsp3) is 0.545. The standard InChI is InChI=1S/C18H24N4O.2C2HF3O2/c1-21-12-15(10-20-21)13-22-7-4-18(5-8-22)9-17(14-23-18)16-3-2-6-19-11-16;2*3-2(4,5)1(6)7/h2-3,6,10-12,17H,4-5,7-9,13-14H2,1H3;2*(H,6,7). The SMILES string of the molecule is Cn1cc(CN2CCC3(CC2)CC(c2cccnc2)CO3)cn1.O=C(O)C(F)(F)F.O=C(O)C(F)(F)F. The van der Waals surface area contributed by atoms with Crippen LogP contribution in [0.4, 0.5) is 26.3 Å². The van der Waals surface area contributed by atoms with Crippen molar-refractivity contribution in [3.63, 3.8) is 0 Å². The van der Waals surface area contributed by atoms with Crippen molar-refractivity contribution in [3.8, 4) is 0 Å². The second kappa shape index (κ2) is 12.4. The predicted molar refractivity (Wildman–Crippen MR) is 115 cm³/mol. The highest BCUT2D eigenvalue weighted by molar-refractivity contribution is 5.73. The van der Waals surface area contributed by atoms with Gasteiger partial charge < -0.3 is 14.9 Å². The van der Waals surface area contributed by atoms with Crippen LogP contribution in [0.15, 0.2) is 36.9 Å². The summed E-state index contributed by atoms with van der Waals surface area (Å²) >= 11 is 0. The van der Waals surface area contributed by atoms with Crippen molar-refractivity contribution < 1.29 is 50.9 Å². The third-order valence-electron chi connectivity index (χ3n) is 5.78. The van der Waals surface area contributed by atoms with E-state index in [1.807, 2.05) is 36.4 Å². The van der Waals surface area contributed by atoms with Gasteiger partial charge in [-0.25, -0.2) is 9.59 Å². The number of piperidine rings is 1. The molecule has 2 N–H and O–H groups in total. The Kier molecular flexibility index (Phi) is 10.0. The molecule has 9 nitrogen and oxygen atoms in total. The van der Waals surface area contributed by atoms with E-state index < -0.39 is 24.3 Å². The van der Waals surface area contributed by atoms with Gasteiger partial charge in [-0.3, -0.25) is 14.6 Å². The normalized spacial score (nSPS) is 19.4. The van der Waals surface area contributed by atoms with Crippen LogP contribution in [0.1, 0.15) is 36.3 Å². The Balaban J connectivity index is 0.000000286. The number of aliphatic carboxylic acids is 2. The smallest absolute Gasteiger partial charge is 0.475 e. The molecule has 0 aliphatic carbocycles. The first-order valence-corrected chi connectivity index (χ1v) is 11.0. The molecule has 0 aromatic carbocycles. The van der Waals surface area contributed by atoms with E-state index in [2.05, 4.69) is 27.2 Å². The molecule has 1 spiro atoms. The van der Waals surface area contributed by atoms with Gasteiger partial charge in [-0.1, -0.05) is 6.07 Å². The summed E-state index contributed by atoms with van der Waals surface area (Å²) in [4.78, 5) is 24.6. The Morgan fingerprint density at radius 2 is 1.65 bits per heavy atom. The molecule has 0 radical (unpaired) electrons. The number of aromatic nitrogens is 3. The second-order valence-corrected chi connectivity index (χ2v) is 8.59. The van der Waals surface area contributed by atoms with E-state index in [-0.39, 0.29) is 5.60 Å². The van der Waals surface area contributed by atoms with Gasteiger partial charge >= 0.3 is 24.3 Å². The molecule has 4 heterocycles. The number of hydrogen-bond acceptors (Lipinski definition) is 6. The molecule has 2 aliphatic rings. The second-order valence-electron chi connectivity index (χ2n) is 8.59. The number of halogens is 6. The van der Waals surface area contributed by atoms with Crippen LogP contribution in [0.3, 0.4) is 0 Å². The van der Waals surface area contributed by atoms with Gasteiger partial charge in [0, 0.05) is 56.8 Å². The minimum absolute atomic E-state index is 0.0892. The van der Waals surface area contributed by atoms with E-state index in [4.69, 9.17) is 24.5 Å². The Hall–Kier alpha value is -3.20. The van der Waals surface area contributed by atoms with Crippen molar-refractivity contribution in [3.05, 3.63) is 48.0 Å². The Labute approximate surface area is 207 Å². The molecular weight excluding hydrogens is 514 g/mol. The third-order valence-corrected chi connectivity index (χ3v) is 5.78. The Morgan fingerprint density at radius 1 is 1.08 bits per heavy atom. The molecule has 0 saturated carbocycles. The summed E-state index contributed by atoms with van der Waals surface area (Å²) in [6.07, 6.45) is 1.13. The van der Waals surface area contributed by atoms with E-state index in [0.717, 1.165) is 45.5 Å². The summed E-state index contributed by atoms with van der Waals surface area (Å²) in [6, 6.07) is 4.20. The summed E-state index contributed by atoms with van der Waals surface area (Å²) < 4.78 is 71.6. The number of aryl methyl sites for hydroxylation is 1. The lowest BCUT2D eigenvalue weighted by Gasteiger charge is -2.38. The van der Waals surface area contributed by atoms with Crippen molar-refractivity contribution in [2.24, 2.45) is 7.05 Å². The molecule has 2 aliphatic heterocycles. The number of rotatable bonds is 3. The molecule has 15 heteroatoms. The Morgan fingerprint density at radius 3 is 2.08 bits per heavy atom. The van der Waals surface area contributed by atoms with E-state index in [1.54, 1.807) is 0 Å². The monoisotopic (exact) mass is 540 g/mol. The van der Waals surface area contributed by atoms with Gasteiger partial charge in [0.15, 0.2) is 0 Å². The van der Waals surface area contributed by atoms with E-state index in [9.17, 15) is 26.3 Å². The predicted octanol–water partition coefficient (Wildman–Crippen LogP) is 3.62. The van der Waals surface area contributed by atoms with Crippen molar-refractivity contribution in [2.45, 2.75) is 49.7 Å². The Bertz CT molecular complexity index is 997. The fourth-order valence-corrected chi connectivity index (χ4v) is 3.95. The fourth-order valence-electron chi connectivity index (χ4n) is 3.95. The van der Waals surface area contributed by atoms with Crippen LogP contribution < -0.4 is 0 Å². The van der Waals surface area contributed by atoms with Crippen molar-refractivity contribution in [1.82, 2.24) is 19.7 Å². The quantitative estimate of drug-likeness (QED) is 0.567. The molecule has 2 aromatic rings. The molecule has 2 fully saturated rings. The zero-order valence-electron chi connectivity index (χ0n) is 19.7. The first-order valence-electron chi connectivity index (χ1n) is 11.0. The zero-order chi connectivity index (χ0) is 27.9. The number of pyridine rings is 1. The number of likely N-dealkylation sites (tertiary alicyclic amines) is 1. The molecule has 37 heavy (non-hydrogen) atoms. The molecule has 1 atom stereocenters. The summed E-state index contributed by atoms with van der Waals surface area (Å²) in [5, 5.41) is 18.5. The topological polar surface area (TPSA) is 118 Å². The van der Waals surface area contributed by atoms with E-state index >= 15 is 0 Å². The minimum Gasteiger partial charge on any atom is -0.475 e. The molecule has 2 aromatic heterocycles. The minimum atomic E-state index is -5.08. The first kappa shape index (κ1) is 30.0. The van der Waals surface area contributed by atoms with Crippen molar-refractivity contribution in [2.75, 3.05) is 19.7 Å². The highest BCUT2D eigenvalue weighted by atomic mass is 19.4. The van der Waals surface area contributed by atoms with E-state index in [0.29, 0.717) is 5.92 Å². The van der Waals surface area contributed by atoms with Gasteiger partial charge in [-0.15, -0.1) is 0 Å². The maximum Gasteiger partial charge on any atom is 0.490 e. The highest BCUT2D eigenvalue weighted by Crippen LogP contribution is 2.42. The number of carboxylic acid groups (broad SMARTS) is 2. The number of ether oxygens (including phenoxy) is 1. The average molecular weight is 540 g/mol. The van der Waals surface area contributed by atoms with Crippen LogP contribution in [0.5, 0.6) is 0 Å². The summed E-state index contributed by atoms with van der Waals surface area (Å²) in [5.74, 6) is -5.01. The lowest BCUT2D eigenvalue weighted by molar-refractivity contribution is -0.193. The summed E-state index contributed by atoms with van der Waals surface area (Å²) in [6.45, 7) is 4.05. The van der Waals surface area contributed by atoms with Crippen LogP contribution in [-0.2, 0) is 27.9 Å². The first-order chi connectivity index (χ1) is 17.1. The maximum atomic E-state index is 10.6. The average Bonchev–Trinajstić information content (AvgIpc) is 3.42. The van der Waals surface area contributed by atoms with Gasteiger partial charge in [0.25, 0.3) is 0 Å². The van der Waals surface area contributed by atoms with Crippen LogP contribution in [-0.4, -0.2) is 79.5 Å². The third kappa shape index (κ3) is 9.64. The number of carboxylic acids is 2. The number of hydrogen-bond donors (Lipinski definition) is 2. The molecule has 0 bridgehead atoms. The summed E-state index contributed by atoms with van der Waals surface area (Å²) in [5.41, 5.74) is 2.71. The van der Waals surface area contributed by atoms with E-state index in [1.165, 1.54) is 11.1 Å². The molecule has 4 rings (SSSR count). The molecular formula is C22H26F6N4O5. The van der Waals surface area contributed by atoms with Gasteiger partial charge in [-0.2, -0.15) is 31.4 Å². The molecule has 2 saturated heterocycles. The van der Waals surface area contributed by atoms with Crippen LogP contribution >= 0.6 is 0 Å². The van der Waals surface area contributed by atoms with Gasteiger partial charge in [0.1, 0.15) is 0 Å². The van der Waals surface area contributed by atoms with Crippen LogP contribution in [0.2, 0.25) is 0 Å². The number of carbonyl (C=O) groups is 2.